The second-order valence-corrected chi connectivity index (χ2v) is 13.8. The van der Waals surface area contributed by atoms with Crippen LogP contribution in [0.5, 0.6) is 0 Å². The van der Waals surface area contributed by atoms with Gasteiger partial charge in [-0.05, 0) is 32.2 Å². The predicted octanol–water partition coefficient (Wildman–Crippen LogP) is 10.8. The number of hydrogen-bond acceptors (Lipinski definition) is 4. The molecular formula is C37H75NO3S. The summed E-state index contributed by atoms with van der Waals surface area (Å²) < 4.78 is 0. The van der Waals surface area contributed by atoms with Crippen molar-refractivity contribution in [2.75, 3.05) is 19.6 Å². The second kappa shape index (κ2) is 33.8. The van der Waals surface area contributed by atoms with Crippen molar-refractivity contribution in [3.8, 4) is 0 Å². The Morgan fingerprint density at radius 1 is 0.500 bits per heavy atom. The molecule has 0 aromatic heterocycles. The van der Waals surface area contributed by atoms with Crippen LogP contribution in [0.3, 0.4) is 0 Å². The lowest BCUT2D eigenvalue weighted by atomic mass is 10.0. The van der Waals surface area contributed by atoms with E-state index in [1.807, 2.05) is 0 Å². The molecule has 0 saturated heterocycles. The number of hydrogen-bond donors (Lipinski definition) is 3. The molecule has 0 aliphatic rings. The molecule has 0 amide bonds. The first-order valence-corrected chi connectivity index (χ1v) is 19.2. The molecule has 2 unspecified atom stereocenters. The Morgan fingerprint density at radius 3 is 1.12 bits per heavy atom. The molecule has 5 heteroatoms. The average molecular weight is 614 g/mol. The summed E-state index contributed by atoms with van der Waals surface area (Å²) in [4.78, 5) is 13.4. The molecule has 252 valence electrons. The minimum Gasteiger partial charge on any atom is -0.392 e. The number of rotatable bonds is 35. The molecule has 0 bridgehead atoms. The third-order valence-corrected chi connectivity index (χ3v) is 9.06. The summed E-state index contributed by atoms with van der Waals surface area (Å²) >= 11 is 3.89. The minimum atomic E-state index is -0.335. The Labute approximate surface area is 269 Å². The molecule has 0 aromatic carbocycles. The van der Waals surface area contributed by atoms with Gasteiger partial charge in [0.05, 0.1) is 12.2 Å². The Balaban J connectivity index is 4.01. The van der Waals surface area contributed by atoms with Crippen molar-refractivity contribution in [2.24, 2.45) is 0 Å². The maximum absolute atomic E-state index is 11.2. The molecule has 0 aliphatic carbocycles. The van der Waals surface area contributed by atoms with Gasteiger partial charge in [0.1, 0.15) is 0 Å². The smallest absolute Gasteiger partial charge is 0.185 e. The monoisotopic (exact) mass is 614 g/mol. The fourth-order valence-corrected chi connectivity index (χ4v) is 6.25. The SMILES string of the molecule is CCCCCCCCCCCCCCC(O)CN(CCCCC(=O)S)CC(O)CCCCCCCCCCCCCC. The highest BCUT2D eigenvalue weighted by molar-refractivity contribution is 7.96. The highest BCUT2D eigenvalue weighted by atomic mass is 32.1. The molecule has 42 heavy (non-hydrogen) atoms. The van der Waals surface area contributed by atoms with Gasteiger partial charge in [-0.25, -0.2) is 0 Å². The molecule has 2 atom stereocenters. The van der Waals surface area contributed by atoms with E-state index in [0.717, 1.165) is 45.1 Å². The van der Waals surface area contributed by atoms with Crippen molar-refractivity contribution in [3.63, 3.8) is 0 Å². The molecule has 4 nitrogen and oxygen atoms in total. The zero-order chi connectivity index (χ0) is 30.9. The van der Waals surface area contributed by atoms with Crippen LogP contribution in [0.2, 0.25) is 0 Å². The molecule has 0 aliphatic heterocycles. The van der Waals surface area contributed by atoms with E-state index in [4.69, 9.17) is 0 Å². The van der Waals surface area contributed by atoms with Gasteiger partial charge in [-0.2, -0.15) is 0 Å². The van der Waals surface area contributed by atoms with Crippen LogP contribution in [0, 0.1) is 0 Å². The van der Waals surface area contributed by atoms with Gasteiger partial charge in [0, 0.05) is 19.5 Å². The first-order valence-electron chi connectivity index (χ1n) is 18.8. The lowest BCUT2D eigenvalue weighted by Crippen LogP contribution is -2.38. The van der Waals surface area contributed by atoms with Crippen molar-refractivity contribution in [3.05, 3.63) is 0 Å². The maximum Gasteiger partial charge on any atom is 0.185 e. The summed E-state index contributed by atoms with van der Waals surface area (Å²) in [6, 6.07) is 0. The van der Waals surface area contributed by atoms with Crippen molar-refractivity contribution >= 4 is 17.7 Å². The van der Waals surface area contributed by atoms with Crippen LogP contribution in [0.4, 0.5) is 0 Å². The Bertz CT molecular complexity index is 511. The number of carbonyl (C=O) groups is 1. The molecule has 0 aromatic rings. The number of carbonyl (C=O) groups excluding carboxylic acids is 1. The van der Waals surface area contributed by atoms with Gasteiger partial charge in [0.25, 0.3) is 0 Å². The van der Waals surface area contributed by atoms with E-state index in [-0.39, 0.29) is 17.3 Å². The van der Waals surface area contributed by atoms with E-state index >= 15 is 0 Å². The van der Waals surface area contributed by atoms with Crippen molar-refractivity contribution in [1.82, 2.24) is 4.90 Å². The number of thiol groups is 1. The largest absolute Gasteiger partial charge is 0.392 e. The number of aliphatic hydroxyl groups is 2. The third-order valence-electron chi connectivity index (χ3n) is 8.83. The molecule has 0 radical (unpaired) electrons. The Hall–Kier alpha value is -0.100. The maximum atomic E-state index is 11.2. The van der Waals surface area contributed by atoms with E-state index in [2.05, 4.69) is 31.4 Å². The normalized spacial score (nSPS) is 13.2. The van der Waals surface area contributed by atoms with Crippen molar-refractivity contribution < 1.29 is 15.0 Å². The average Bonchev–Trinajstić information content (AvgIpc) is 2.96. The number of unbranched alkanes of at least 4 members (excludes halogenated alkanes) is 23. The van der Waals surface area contributed by atoms with Crippen LogP contribution >= 0.6 is 12.6 Å². The van der Waals surface area contributed by atoms with Gasteiger partial charge in [0.15, 0.2) is 5.12 Å². The van der Waals surface area contributed by atoms with E-state index < -0.39 is 0 Å². The highest BCUT2D eigenvalue weighted by Crippen LogP contribution is 2.16. The third kappa shape index (κ3) is 32.8. The highest BCUT2D eigenvalue weighted by Gasteiger charge is 2.16. The van der Waals surface area contributed by atoms with Gasteiger partial charge >= 0.3 is 0 Å². The first-order chi connectivity index (χ1) is 20.5. The Kier molecular flexibility index (Phi) is 33.7. The van der Waals surface area contributed by atoms with Gasteiger partial charge < -0.3 is 10.2 Å². The summed E-state index contributed by atoms with van der Waals surface area (Å²) in [5.74, 6) is 0. The lowest BCUT2D eigenvalue weighted by molar-refractivity contribution is -0.110. The zero-order valence-corrected chi connectivity index (χ0v) is 29.4. The van der Waals surface area contributed by atoms with Gasteiger partial charge in [-0.1, -0.05) is 168 Å². The Morgan fingerprint density at radius 2 is 0.810 bits per heavy atom. The zero-order valence-electron chi connectivity index (χ0n) is 28.5. The van der Waals surface area contributed by atoms with Crippen LogP contribution < -0.4 is 0 Å². The van der Waals surface area contributed by atoms with E-state index in [1.165, 1.54) is 141 Å². The van der Waals surface area contributed by atoms with Crippen molar-refractivity contribution in [1.29, 1.82) is 0 Å². The van der Waals surface area contributed by atoms with Gasteiger partial charge in [0.2, 0.25) is 0 Å². The fourth-order valence-electron chi connectivity index (χ4n) is 6.09. The summed E-state index contributed by atoms with van der Waals surface area (Å²) in [5, 5.41) is 21.4. The quantitative estimate of drug-likeness (QED) is 0.0491. The number of nitrogens with zero attached hydrogens (tertiary/aromatic N) is 1. The van der Waals surface area contributed by atoms with Crippen LogP contribution in [-0.4, -0.2) is 52.1 Å². The predicted molar refractivity (Wildman–Crippen MR) is 188 cm³/mol. The summed E-state index contributed by atoms with van der Waals surface area (Å²) in [5.41, 5.74) is 0. The van der Waals surface area contributed by atoms with Crippen LogP contribution in [-0.2, 0) is 4.79 Å². The molecular weight excluding hydrogens is 538 g/mol. The minimum absolute atomic E-state index is 0.0550. The second-order valence-electron chi connectivity index (χ2n) is 13.3. The van der Waals surface area contributed by atoms with Gasteiger partial charge in [-0.3, -0.25) is 9.69 Å². The van der Waals surface area contributed by atoms with Crippen LogP contribution in [0.25, 0.3) is 0 Å². The molecule has 2 N–H and O–H groups in total. The first kappa shape index (κ1) is 41.9. The molecule has 0 fully saturated rings. The standard InChI is InChI=1S/C37H75NO3S/c1-3-5-7-9-11-13-15-17-19-21-23-25-29-35(39)33-38(32-28-27-31-37(41)42)34-36(40)30-26-24-22-20-18-16-14-12-10-8-6-4-2/h35-36,39-40H,3-34H2,1-2H3,(H,41,42). The van der Waals surface area contributed by atoms with E-state index in [1.54, 1.807) is 0 Å². The lowest BCUT2D eigenvalue weighted by Gasteiger charge is -2.27. The molecule has 0 saturated carbocycles. The molecule has 0 spiro atoms. The van der Waals surface area contributed by atoms with Crippen LogP contribution in [0.15, 0.2) is 0 Å². The van der Waals surface area contributed by atoms with E-state index in [0.29, 0.717) is 19.5 Å². The fraction of sp³-hybridized carbons (Fsp3) is 0.973. The summed E-state index contributed by atoms with van der Waals surface area (Å²) in [7, 11) is 0. The molecule has 0 heterocycles. The van der Waals surface area contributed by atoms with Gasteiger partial charge in [-0.15, -0.1) is 12.6 Å². The number of aliphatic hydroxyl groups excluding tert-OH is 2. The molecule has 0 rings (SSSR count). The van der Waals surface area contributed by atoms with Crippen molar-refractivity contribution in [2.45, 2.75) is 212 Å². The summed E-state index contributed by atoms with van der Waals surface area (Å²) in [6.45, 7) is 6.63. The van der Waals surface area contributed by atoms with Crippen LogP contribution in [0.1, 0.15) is 200 Å². The van der Waals surface area contributed by atoms with E-state index in [9.17, 15) is 15.0 Å². The summed E-state index contributed by atoms with van der Waals surface area (Å²) in [6.07, 6.45) is 35.2. The topological polar surface area (TPSA) is 60.8 Å².